The molecule has 0 unspecified atom stereocenters. The van der Waals surface area contributed by atoms with Gasteiger partial charge in [0.1, 0.15) is 0 Å². The summed E-state index contributed by atoms with van der Waals surface area (Å²) in [5, 5.41) is 0. The van der Waals surface area contributed by atoms with Crippen LogP contribution in [-0.2, 0) is 11.0 Å². The Morgan fingerprint density at radius 1 is 1.35 bits per heavy atom. The average Bonchev–Trinajstić information content (AvgIpc) is 2.27. The van der Waals surface area contributed by atoms with Gasteiger partial charge in [0, 0.05) is 6.04 Å². The third kappa shape index (κ3) is 9.49. The molecule has 0 aliphatic heterocycles. The van der Waals surface area contributed by atoms with Crippen LogP contribution in [-0.4, -0.2) is 15.0 Å². The molecule has 0 aliphatic carbocycles. The van der Waals surface area contributed by atoms with Crippen LogP contribution in [0.25, 0.3) is 0 Å². The summed E-state index contributed by atoms with van der Waals surface area (Å²) in [4.78, 5) is 0. The summed E-state index contributed by atoms with van der Waals surface area (Å²) in [6, 6.07) is 0.259. The first-order chi connectivity index (χ1) is 9.16. The number of hydrogen-bond donors (Lipinski definition) is 1. The minimum Gasteiger partial charge on any atom is -0.242 e. The molecule has 0 radical (unpaired) electrons. The molecule has 0 aliphatic rings. The smallest absolute Gasteiger partial charge is 0.0972 e. The first-order valence-electron chi connectivity index (χ1n) is 7.59. The minimum absolute atomic E-state index is 0.218. The van der Waals surface area contributed by atoms with Crippen molar-refractivity contribution in [2.75, 3.05) is 0 Å². The van der Waals surface area contributed by atoms with Crippen molar-refractivity contribution in [2.45, 2.75) is 78.0 Å². The second kappa shape index (κ2) is 9.51. The van der Waals surface area contributed by atoms with E-state index >= 15 is 0 Å². The molecule has 0 heterocycles. The molecular formula is C17H33NOS. The van der Waals surface area contributed by atoms with E-state index in [1.54, 1.807) is 0 Å². The van der Waals surface area contributed by atoms with Crippen LogP contribution in [0.1, 0.15) is 67.2 Å². The van der Waals surface area contributed by atoms with Crippen molar-refractivity contribution < 1.29 is 4.21 Å². The van der Waals surface area contributed by atoms with Gasteiger partial charge >= 0.3 is 0 Å². The highest BCUT2D eigenvalue weighted by molar-refractivity contribution is 7.84. The zero-order chi connectivity index (χ0) is 15.8. The van der Waals surface area contributed by atoms with Gasteiger partial charge in [-0.1, -0.05) is 24.6 Å². The lowest BCUT2D eigenvalue weighted by Gasteiger charge is -2.25. The van der Waals surface area contributed by atoms with Crippen LogP contribution in [0.15, 0.2) is 24.3 Å². The lowest BCUT2D eigenvalue weighted by atomic mass is 9.95. The van der Waals surface area contributed by atoms with Crippen molar-refractivity contribution >= 4 is 11.0 Å². The van der Waals surface area contributed by atoms with E-state index in [1.165, 1.54) is 12.0 Å². The number of nitrogens with one attached hydrogen (secondary N) is 1. The third-order valence-corrected chi connectivity index (χ3v) is 4.84. The van der Waals surface area contributed by atoms with E-state index in [0.29, 0.717) is 5.92 Å². The Hall–Kier alpha value is -0.410. The molecule has 0 aromatic carbocycles. The van der Waals surface area contributed by atoms with E-state index in [2.05, 4.69) is 38.1 Å². The van der Waals surface area contributed by atoms with Crippen LogP contribution < -0.4 is 4.72 Å². The quantitative estimate of drug-likeness (QED) is 0.611. The molecule has 3 heteroatoms. The summed E-state index contributed by atoms with van der Waals surface area (Å²) in [7, 11) is -1.01. The maximum atomic E-state index is 12.2. The van der Waals surface area contributed by atoms with Crippen LogP contribution in [0.3, 0.4) is 0 Å². The Balaban J connectivity index is 4.36. The molecule has 3 atom stereocenters. The van der Waals surface area contributed by atoms with Gasteiger partial charge in [0.2, 0.25) is 0 Å². The molecule has 0 saturated carbocycles. The molecule has 0 fully saturated rings. The highest BCUT2D eigenvalue weighted by Crippen LogP contribution is 2.18. The fourth-order valence-corrected chi connectivity index (χ4v) is 2.83. The largest absolute Gasteiger partial charge is 0.242 e. The van der Waals surface area contributed by atoms with Crippen molar-refractivity contribution in [3.8, 4) is 0 Å². The molecule has 0 bridgehead atoms. The van der Waals surface area contributed by atoms with Gasteiger partial charge in [0.15, 0.2) is 0 Å². The topological polar surface area (TPSA) is 29.1 Å². The fourth-order valence-electron chi connectivity index (χ4n) is 1.98. The van der Waals surface area contributed by atoms with Crippen molar-refractivity contribution in [3.05, 3.63) is 24.3 Å². The van der Waals surface area contributed by atoms with Crippen LogP contribution in [0.5, 0.6) is 0 Å². The van der Waals surface area contributed by atoms with Crippen LogP contribution in [0, 0.1) is 5.92 Å². The lowest BCUT2D eigenvalue weighted by molar-refractivity contribution is 0.423. The van der Waals surface area contributed by atoms with Crippen LogP contribution in [0.4, 0.5) is 0 Å². The first kappa shape index (κ1) is 19.6. The molecule has 0 aromatic rings. The van der Waals surface area contributed by atoms with Crippen LogP contribution >= 0.6 is 0 Å². The maximum absolute atomic E-state index is 12.2. The second-order valence-corrected chi connectivity index (χ2v) is 8.92. The van der Waals surface area contributed by atoms with Crippen molar-refractivity contribution in [3.63, 3.8) is 0 Å². The predicted octanol–water partition coefficient (Wildman–Crippen LogP) is 4.76. The monoisotopic (exact) mass is 299 g/mol. The summed E-state index contributed by atoms with van der Waals surface area (Å²) in [5.74, 6) is 0.625. The van der Waals surface area contributed by atoms with Gasteiger partial charge in [-0.25, -0.2) is 8.93 Å². The van der Waals surface area contributed by atoms with Gasteiger partial charge < -0.3 is 0 Å². The summed E-state index contributed by atoms with van der Waals surface area (Å²) in [6.07, 6.45) is 8.44. The zero-order valence-electron chi connectivity index (χ0n) is 14.2. The van der Waals surface area contributed by atoms with Crippen molar-refractivity contribution in [1.29, 1.82) is 0 Å². The Labute approximate surface area is 128 Å². The highest BCUT2D eigenvalue weighted by atomic mass is 32.2. The molecule has 0 aromatic heterocycles. The summed E-state index contributed by atoms with van der Waals surface area (Å²) >= 11 is 0. The highest BCUT2D eigenvalue weighted by Gasteiger charge is 2.23. The van der Waals surface area contributed by atoms with Gasteiger partial charge in [0.25, 0.3) is 0 Å². The molecule has 0 amide bonds. The van der Waals surface area contributed by atoms with E-state index in [1.807, 2.05) is 26.8 Å². The third-order valence-electron chi connectivity index (χ3n) is 3.18. The van der Waals surface area contributed by atoms with Crippen molar-refractivity contribution in [2.24, 2.45) is 5.92 Å². The maximum Gasteiger partial charge on any atom is 0.0972 e. The average molecular weight is 300 g/mol. The Morgan fingerprint density at radius 2 is 1.95 bits per heavy atom. The second-order valence-electron chi connectivity index (χ2n) is 6.92. The SMILES string of the molecule is C=CC[C@H](C[C@@H](C)CCC=C(C)C)N[S@@](=O)C(C)(C)C. The molecule has 0 rings (SSSR count). The number of allylic oxidation sites excluding steroid dienone is 2. The van der Waals surface area contributed by atoms with E-state index in [4.69, 9.17) is 0 Å². The van der Waals surface area contributed by atoms with Crippen LogP contribution in [0.2, 0.25) is 0 Å². The first-order valence-corrected chi connectivity index (χ1v) is 8.74. The van der Waals surface area contributed by atoms with Gasteiger partial charge in [0.05, 0.1) is 15.7 Å². The van der Waals surface area contributed by atoms with Gasteiger partial charge in [-0.3, -0.25) is 0 Å². The molecule has 20 heavy (non-hydrogen) atoms. The summed E-state index contributed by atoms with van der Waals surface area (Å²) in [6.45, 7) is 16.4. The normalized spacial score (nSPS) is 16.3. The molecule has 0 spiro atoms. The summed E-state index contributed by atoms with van der Waals surface area (Å²) < 4.78 is 15.2. The van der Waals surface area contributed by atoms with Gasteiger partial charge in [-0.05, 0) is 66.2 Å². The Kier molecular flexibility index (Phi) is 9.32. The molecular weight excluding hydrogens is 266 g/mol. The van der Waals surface area contributed by atoms with E-state index < -0.39 is 11.0 Å². The fraction of sp³-hybridized carbons (Fsp3) is 0.765. The van der Waals surface area contributed by atoms with Crippen molar-refractivity contribution in [1.82, 2.24) is 4.72 Å². The predicted molar refractivity (Wildman–Crippen MR) is 92.1 cm³/mol. The summed E-state index contributed by atoms with van der Waals surface area (Å²) in [5.41, 5.74) is 1.38. The van der Waals surface area contributed by atoms with Gasteiger partial charge in [-0.15, -0.1) is 6.58 Å². The molecule has 118 valence electrons. The standard InChI is InChI=1S/C17H33NOS/c1-8-10-16(18-20(19)17(5,6)7)13-15(4)12-9-11-14(2)3/h8,11,15-16,18H,1,9-10,12-13H2,2-7H3/t15-,16+,20-/m0/s1. The molecule has 2 nitrogen and oxygen atoms in total. The van der Waals surface area contributed by atoms with E-state index in [9.17, 15) is 4.21 Å². The molecule has 0 saturated heterocycles. The number of rotatable bonds is 9. The Morgan fingerprint density at radius 3 is 2.40 bits per heavy atom. The Bertz CT molecular complexity index is 337. The molecule has 1 N–H and O–H groups in total. The number of hydrogen-bond acceptors (Lipinski definition) is 1. The minimum atomic E-state index is -1.01. The lowest BCUT2D eigenvalue weighted by Crippen LogP contribution is -2.40. The van der Waals surface area contributed by atoms with E-state index in [0.717, 1.165) is 19.3 Å². The zero-order valence-corrected chi connectivity index (χ0v) is 15.0. The van der Waals surface area contributed by atoms with E-state index in [-0.39, 0.29) is 10.8 Å². The van der Waals surface area contributed by atoms with Gasteiger partial charge in [-0.2, -0.15) is 0 Å².